The van der Waals surface area contributed by atoms with Crippen LogP contribution in [0.1, 0.15) is 43.0 Å². The van der Waals surface area contributed by atoms with Gasteiger partial charge >= 0.3 is 0 Å². The van der Waals surface area contributed by atoms with Gasteiger partial charge < -0.3 is 15.2 Å². The summed E-state index contributed by atoms with van der Waals surface area (Å²) >= 11 is 6.13. The highest BCUT2D eigenvalue weighted by Crippen LogP contribution is 2.34. The summed E-state index contributed by atoms with van der Waals surface area (Å²) in [4.78, 5) is 12.4. The first-order chi connectivity index (χ1) is 9.99. The Morgan fingerprint density at radius 1 is 1.57 bits per heavy atom. The molecule has 0 radical (unpaired) electrons. The molecule has 0 heterocycles. The fourth-order valence-electron chi connectivity index (χ4n) is 3.07. The lowest BCUT2D eigenvalue weighted by molar-refractivity contribution is 0.0867. The topological polar surface area (TPSA) is 58.6 Å². The van der Waals surface area contributed by atoms with Gasteiger partial charge in [-0.3, -0.25) is 4.79 Å². The van der Waals surface area contributed by atoms with Crippen LogP contribution in [0.15, 0.2) is 18.2 Å². The van der Waals surface area contributed by atoms with E-state index in [-0.39, 0.29) is 17.2 Å². The Bertz CT molecular complexity index is 520. The normalized spacial score (nSPS) is 25.4. The molecule has 21 heavy (non-hydrogen) atoms. The molecule has 0 spiro atoms. The van der Waals surface area contributed by atoms with Crippen LogP contribution in [0, 0.1) is 5.92 Å². The summed E-state index contributed by atoms with van der Waals surface area (Å²) < 4.78 is 4.98. The van der Waals surface area contributed by atoms with E-state index in [4.69, 9.17) is 16.3 Å². The summed E-state index contributed by atoms with van der Waals surface area (Å²) in [7, 11) is 1.47. The van der Waals surface area contributed by atoms with Gasteiger partial charge in [0.05, 0.1) is 12.6 Å². The molecular formula is C16H22ClNO3. The summed E-state index contributed by atoms with van der Waals surface area (Å²) in [5.74, 6) is 1.07. The van der Waals surface area contributed by atoms with Crippen LogP contribution in [0.25, 0.3) is 0 Å². The molecular weight excluding hydrogens is 290 g/mol. The van der Waals surface area contributed by atoms with Crippen LogP contribution in [0.4, 0.5) is 0 Å². The minimum atomic E-state index is -0.341. The predicted octanol–water partition coefficient (Wildman–Crippen LogP) is 3.32. The molecule has 0 aliphatic heterocycles. The molecule has 2 unspecified atom stereocenters. The Balaban J connectivity index is 2.14. The van der Waals surface area contributed by atoms with E-state index in [1.54, 1.807) is 12.1 Å². The first kappa shape index (κ1) is 16.0. The van der Waals surface area contributed by atoms with Gasteiger partial charge in [-0.1, -0.05) is 19.8 Å². The van der Waals surface area contributed by atoms with Crippen molar-refractivity contribution in [2.75, 3.05) is 13.0 Å². The Morgan fingerprint density at radius 2 is 2.33 bits per heavy atom. The van der Waals surface area contributed by atoms with E-state index in [1.807, 2.05) is 0 Å². The molecule has 0 bridgehead atoms. The number of alkyl halides is 1. The maximum Gasteiger partial charge on any atom is 0.251 e. The number of methoxy groups -OCH3 is 1. The third kappa shape index (κ3) is 3.62. The van der Waals surface area contributed by atoms with Crippen LogP contribution in [0.3, 0.4) is 0 Å². The second-order valence-electron chi connectivity index (χ2n) is 5.96. The van der Waals surface area contributed by atoms with Gasteiger partial charge in [0.1, 0.15) is 0 Å². The third-order valence-corrected chi connectivity index (χ3v) is 4.68. The average molecular weight is 312 g/mol. The molecule has 1 aromatic rings. The molecule has 5 heteroatoms. The molecule has 0 saturated heterocycles. The van der Waals surface area contributed by atoms with E-state index < -0.39 is 0 Å². The van der Waals surface area contributed by atoms with Crippen molar-refractivity contribution < 1.29 is 14.6 Å². The molecule has 1 saturated carbocycles. The number of aromatic hydroxyl groups is 1. The van der Waals surface area contributed by atoms with Crippen molar-refractivity contribution in [2.45, 2.75) is 38.1 Å². The minimum absolute atomic E-state index is 0.0397. The second kappa shape index (κ2) is 6.56. The fourth-order valence-corrected chi connectivity index (χ4v) is 3.38. The molecule has 116 valence electrons. The molecule has 1 fully saturated rings. The van der Waals surface area contributed by atoms with E-state index >= 15 is 0 Å². The molecule has 2 rings (SSSR count). The number of amides is 1. The Hall–Kier alpha value is -1.42. The Morgan fingerprint density at radius 3 is 2.90 bits per heavy atom. The zero-order chi connectivity index (χ0) is 15.5. The molecule has 1 aliphatic carbocycles. The number of phenols is 1. The van der Waals surface area contributed by atoms with Crippen LogP contribution < -0.4 is 10.1 Å². The molecule has 1 aliphatic rings. The number of benzene rings is 1. The molecule has 1 amide bonds. The number of ether oxygens (including phenoxy) is 1. The lowest BCUT2D eigenvalue weighted by Gasteiger charge is -2.39. The van der Waals surface area contributed by atoms with E-state index in [9.17, 15) is 9.90 Å². The first-order valence-electron chi connectivity index (χ1n) is 7.25. The number of hydrogen-bond acceptors (Lipinski definition) is 3. The van der Waals surface area contributed by atoms with Gasteiger partial charge in [-0.25, -0.2) is 0 Å². The van der Waals surface area contributed by atoms with Gasteiger partial charge in [-0.2, -0.15) is 0 Å². The smallest absolute Gasteiger partial charge is 0.251 e. The average Bonchev–Trinajstić information content (AvgIpc) is 2.47. The van der Waals surface area contributed by atoms with Gasteiger partial charge in [0.15, 0.2) is 11.5 Å². The maximum absolute atomic E-state index is 12.4. The number of nitrogens with one attached hydrogen (secondary N) is 1. The van der Waals surface area contributed by atoms with Gasteiger partial charge in [-0.15, -0.1) is 11.6 Å². The Labute approximate surface area is 130 Å². The quantitative estimate of drug-likeness (QED) is 0.839. The van der Waals surface area contributed by atoms with Crippen molar-refractivity contribution in [1.29, 1.82) is 0 Å². The van der Waals surface area contributed by atoms with E-state index in [0.29, 0.717) is 23.1 Å². The maximum atomic E-state index is 12.4. The number of phenolic OH excluding ortho intramolecular Hbond substituents is 1. The second-order valence-corrected chi connectivity index (χ2v) is 6.22. The lowest BCUT2D eigenvalue weighted by Crippen LogP contribution is -2.52. The van der Waals surface area contributed by atoms with Crippen molar-refractivity contribution in [3.05, 3.63) is 23.8 Å². The van der Waals surface area contributed by atoms with E-state index in [2.05, 4.69) is 12.2 Å². The molecule has 2 N–H and O–H groups in total. The zero-order valence-corrected chi connectivity index (χ0v) is 13.2. The third-order valence-electron chi connectivity index (χ3n) is 4.17. The standard InChI is InChI=1S/C16H22ClNO3/c1-11-4-3-7-16(9-11,10-17)18-15(20)12-5-6-14(21-2)13(19)8-12/h5-6,8,11,19H,3-4,7,9-10H2,1-2H3,(H,18,20). The van der Waals surface area contributed by atoms with Gasteiger partial charge in [0.25, 0.3) is 5.91 Å². The molecule has 2 atom stereocenters. The summed E-state index contributed by atoms with van der Waals surface area (Å²) in [5.41, 5.74) is 0.0716. The fraction of sp³-hybridized carbons (Fsp3) is 0.562. The van der Waals surface area contributed by atoms with E-state index in [1.165, 1.54) is 19.6 Å². The highest BCUT2D eigenvalue weighted by atomic mass is 35.5. The van der Waals surface area contributed by atoms with E-state index in [0.717, 1.165) is 19.3 Å². The van der Waals surface area contributed by atoms with Crippen LogP contribution >= 0.6 is 11.6 Å². The number of hydrogen-bond donors (Lipinski definition) is 2. The Kier molecular flexibility index (Phi) is 4.99. The van der Waals surface area contributed by atoms with Gasteiger partial charge in [0, 0.05) is 11.4 Å². The van der Waals surface area contributed by atoms with Crippen LogP contribution in [-0.2, 0) is 0 Å². The minimum Gasteiger partial charge on any atom is -0.504 e. The first-order valence-corrected chi connectivity index (χ1v) is 7.78. The van der Waals surface area contributed by atoms with Crippen molar-refractivity contribution in [3.8, 4) is 11.5 Å². The molecule has 1 aromatic carbocycles. The van der Waals surface area contributed by atoms with Crippen molar-refractivity contribution in [2.24, 2.45) is 5.92 Å². The van der Waals surface area contributed by atoms with Crippen LogP contribution in [0.5, 0.6) is 11.5 Å². The molecule has 4 nitrogen and oxygen atoms in total. The van der Waals surface area contributed by atoms with Crippen molar-refractivity contribution in [3.63, 3.8) is 0 Å². The number of carbonyl (C=O) groups is 1. The predicted molar refractivity (Wildman–Crippen MR) is 83.2 cm³/mol. The lowest BCUT2D eigenvalue weighted by atomic mass is 9.77. The number of carbonyl (C=O) groups excluding carboxylic acids is 1. The monoisotopic (exact) mass is 311 g/mol. The van der Waals surface area contributed by atoms with Crippen molar-refractivity contribution >= 4 is 17.5 Å². The SMILES string of the molecule is COc1ccc(C(=O)NC2(CCl)CCCC(C)C2)cc1O. The van der Waals surface area contributed by atoms with Crippen LogP contribution in [0.2, 0.25) is 0 Å². The number of rotatable bonds is 4. The van der Waals surface area contributed by atoms with Gasteiger partial charge in [0.2, 0.25) is 0 Å². The van der Waals surface area contributed by atoms with Crippen molar-refractivity contribution in [1.82, 2.24) is 5.32 Å². The summed E-state index contributed by atoms with van der Waals surface area (Å²) in [6.07, 6.45) is 4.04. The molecule has 0 aromatic heterocycles. The summed E-state index contributed by atoms with van der Waals surface area (Å²) in [6.45, 7) is 2.19. The highest BCUT2D eigenvalue weighted by Gasteiger charge is 2.35. The van der Waals surface area contributed by atoms with Crippen LogP contribution in [-0.4, -0.2) is 29.5 Å². The summed E-state index contributed by atoms with van der Waals surface area (Å²) in [5, 5.41) is 12.8. The highest BCUT2D eigenvalue weighted by molar-refractivity contribution is 6.19. The largest absolute Gasteiger partial charge is 0.504 e. The zero-order valence-electron chi connectivity index (χ0n) is 12.5. The van der Waals surface area contributed by atoms with Gasteiger partial charge in [-0.05, 0) is 37.0 Å². The number of halogens is 1. The summed E-state index contributed by atoms with van der Waals surface area (Å²) in [6, 6.07) is 4.64.